The summed E-state index contributed by atoms with van der Waals surface area (Å²) in [5.41, 5.74) is 2.18. The van der Waals surface area contributed by atoms with E-state index in [4.69, 9.17) is 23.7 Å². The van der Waals surface area contributed by atoms with Crippen molar-refractivity contribution < 1.29 is 33.9 Å². The summed E-state index contributed by atoms with van der Waals surface area (Å²) in [4.78, 5) is 0. The standard InChI is InChI=1S/C31H40O7/c1-20(21(2)32)25-13-14-26(36-25)28-15-24(33)31-29(37-28)16-27(35-18-23-11-7-4-8-12-23)30(38-31)19-34-17-22-9-5-3-6-10-22/h3-14,20-21,24-33H,15-19H2,1-2H3/t20?,21-,24+,25+,26-,27+,28+,29-,30-,31+/m1/s1. The van der Waals surface area contributed by atoms with Crippen LogP contribution in [0.5, 0.6) is 0 Å². The Morgan fingerprint density at radius 3 is 2.21 bits per heavy atom. The number of aliphatic hydroxyl groups is 2. The highest BCUT2D eigenvalue weighted by Gasteiger charge is 2.49. The molecule has 38 heavy (non-hydrogen) atoms. The van der Waals surface area contributed by atoms with Gasteiger partial charge in [0.15, 0.2) is 0 Å². The Labute approximate surface area is 225 Å². The quantitative estimate of drug-likeness (QED) is 0.457. The highest BCUT2D eigenvalue weighted by Crippen LogP contribution is 2.37. The van der Waals surface area contributed by atoms with Crippen molar-refractivity contribution in [2.24, 2.45) is 5.92 Å². The van der Waals surface area contributed by atoms with E-state index in [1.165, 1.54) is 0 Å². The van der Waals surface area contributed by atoms with Crippen LogP contribution in [0, 0.1) is 5.92 Å². The Hall–Kier alpha value is -2.10. The summed E-state index contributed by atoms with van der Waals surface area (Å²) in [6.45, 7) is 5.05. The van der Waals surface area contributed by atoms with Crippen molar-refractivity contribution >= 4 is 0 Å². The monoisotopic (exact) mass is 524 g/mol. The smallest absolute Gasteiger partial charge is 0.110 e. The third-order valence-electron chi connectivity index (χ3n) is 7.93. The van der Waals surface area contributed by atoms with Crippen LogP contribution in [-0.4, -0.2) is 71.8 Å². The minimum Gasteiger partial charge on any atom is -0.393 e. The fourth-order valence-corrected chi connectivity index (χ4v) is 5.47. The van der Waals surface area contributed by atoms with Gasteiger partial charge in [-0.1, -0.05) is 79.7 Å². The number of rotatable bonds is 10. The van der Waals surface area contributed by atoms with Gasteiger partial charge in [0.1, 0.15) is 18.3 Å². The second-order valence-electron chi connectivity index (χ2n) is 10.8. The van der Waals surface area contributed by atoms with E-state index in [1.54, 1.807) is 6.92 Å². The van der Waals surface area contributed by atoms with E-state index in [1.807, 2.05) is 79.7 Å². The molecular formula is C31H40O7. The fourth-order valence-electron chi connectivity index (χ4n) is 5.47. The van der Waals surface area contributed by atoms with Crippen molar-refractivity contribution in [3.05, 3.63) is 83.9 Å². The van der Waals surface area contributed by atoms with Crippen molar-refractivity contribution in [3.63, 3.8) is 0 Å². The van der Waals surface area contributed by atoms with Gasteiger partial charge in [0, 0.05) is 18.8 Å². The first-order chi connectivity index (χ1) is 18.5. The number of ether oxygens (including phenoxy) is 5. The van der Waals surface area contributed by atoms with Crippen LogP contribution in [0.4, 0.5) is 0 Å². The van der Waals surface area contributed by atoms with Gasteiger partial charge in [0.2, 0.25) is 0 Å². The topological polar surface area (TPSA) is 86.6 Å². The molecule has 5 rings (SSSR count). The molecule has 0 aliphatic carbocycles. The molecule has 3 heterocycles. The second-order valence-corrected chi connectivity index (χ2v) is 10.8. The molecule has 0 radical (unpaired) electrons. The van der Waals surface area contributed by atoms with Crippen LogP contribution in [0.3, 0.4) is 0 Å². The van der Waals surface area contributed by atoms with Gasteiger partial charge in [-0.25, -0.2) is 0 Å². The van der Waals surface area contributed by atoms with Gasteiger partial charge in [0.25, 0.3) is 0 Å². The third kappa shape index (κ3) is 6.72. The van der Waals surface area contributed by atoms with Crippen LogP contribution in [0.1, 0.15) is 37.8 Å². The van der Waals surface area contributed by atoms with Crippen molar-refractivity contribution in [1.82, 2.24) is 0 Å². The summed E-state index contributed by atoms with van der Waals surface area (Å²) in [6.07, 6.45) is 1.76. The highest BCUT2D eigenvalue weighted by atomic mass is 16.6. The van der Waals surface area contributed by atoms with Crippen LogP contribution < -0.4 is 0 Å². The lowest BCUT2D eigenvalue weighted by molar-refractivity contribution is -0.274. The van der Waals surface area contributed by atoms with Gasteiger partial charge in [-0.2, -0.15) is 0 Å². The van der Waals surface area contributed by atoms with Crippen LogP contribution in [0.25, 0.3) is 0 Å². The molecule has 0 bridgehead atoms. The lowest BCUT2D eigenvalue weighted by Crippen LogP contribution is -2.60. The van der Waals surface area contributed by atoms with Crippen LogP contribution in [0.15, 0.2) is 72.8 Å². The normalized spacial score (nSPS) is 34.5. The Kier molecular flexibility index (Phi) is 9.28. The Balaban J connectivity index is 1.23. The zero-order valence-electron chi connectivity index (χ0n) is 22.2. The summed E-state index contributed by atoms with van der Waals surface area (Å²) < 4.78 is 31.5. The van der Waals surface area contributed by atoms with Crippen molar-refractivity contribution in [2.45, 2.75) is 94.8 Å². The first-order valence-electron chi connectivity index (χ1n) is 13.8. The van der Waals surface area contributed by atoms with Crippen molar-refractivity contribution in [3.8, 4) is 0 Å². The van der Waals surface area contributed by atoms with Gasteiger partial charge < -0.3 is 33.9 Å². The van der Waals surface area contributed by atoms with Gasteiger partial charge in [-0.05, 0) is 18.1 Å². The number of fused-ring (bicyclic) bond motifs is 1. The number of hydrogen-bond donors (Lipinski definition) is 2. The van der Waals surface area contributed by atoms with Crippen LogP contribution >= 0.6 is 0 Å². The second kappa shape index (κ2) is 12.8. The molecule has 3 aliphatic rings. The largest absolute Gasteiger partial charge is 0.393 e. The van der Waals surface area contributed by atoms with Gasteiger partial charge in [-0.3, -0.25) is 0 Å². The Morgan fingerprint density at radius 1 is 0.842 bits per heavy atom. The van der Waals surface area contributed by atoms with Crippen LogP contribution in [0.2, 0.25) is 0 Å². The summed E-state index contributed by atoms with van der Waals surface area (Å²) in [5, 5.41) is 21.1. The maximum atomic E-state index is 11.1. The first-order valence-corrected chi connectivity index (χ1v) is 13.8. The maximum Gasteiger partial charge on any atom is 0.110 e. The first kappa shape index (κ1) is 27.5. The Morgan fingerprint density at radius 2 is 1.53 bits per heavy atom. The molecule has 206 valence electrons. The zero-order valence-corrected chi connectivity index (χ0v) is 22.2. The minimum atomic E-state index is -0.685. The zero-order chi connectivity index (χ0) is 26.5. The SMILES string of the molecule is CC([C@@H]1C=C[C@H]([C@@H]2C[C@H](O)[C@@H]3O[C@H](COCc4ccccc4)[C@@H](OCc4ccccc4)C[C@H]3O2)O1)[C@@H](C)O. The van der Waals surface area contributed by atoms with E-state index >= 15 is 0 Å². The molecule has 10 atom stereocenters. The summed E-state index contributed by atoms with van der Waals surface area (Å²) in [5.74, 6) is -0.0251. The molecule has 7 heteroatoms. The van der Waals surface area contributed by atoms with E-state index in [2.05, 4.69) is 0 Å². The molecule has 2 fully saturated rings. The fraction of sp³-hybridized carbons (Fsp3) is 0.548. The third-order valence-corrected chi connectivity index (χ3v) is 7.93. The summed E-state index contributed by atoms with van der Waals surface area (Å²) in [7, 11) is 0. The molecule has 2 saturated heterocycles. The number of aliphatic hydroxyl groups excluding tert-OH is 2. The molecule has 1 unspecified atom stereocenters. The molecule has 0 saturated carbocycles. The average Bonchev–Trinajstić information content (AvgIpc) is 3.43. The van der Waals surface area contributed by atoms with E-state index < -0.39 is 18.3 Å². The van der Waals surface area contributed by atoms with E-state index in [-0.39, 0.29) is 42.5 Å². The molecule has 0 spiro atoms. The highest BCUT2D eigenvalue weighted by molar-refractivity contribution is 5.14. The molecule has 2 aromatic carbocycles. The maximum absolute atomic E-state index is 11.1. The Bertz CT molecular complexity index is 1010. The molecule has 2 N–H and O–H groups in total. The average molecular weight is 525 g/mol. The molecule has 3 aliphatic heterocycles. The van der Waals surface area contributed by atoms with E-state index in [0.29, 0.717) is 32.7 Å². The summed E-state index contributed by atoms with van der Waals surface area (Å²) >= 11 is 0. The van der Waals surface area contributed by atoms with Gasteiger partial charge >= 0.3 is 0 Å². The molecule has 2 aromatic rings. The lowest BCUT2D eigenvalue weighted by atomic mass is 9.88. The molecular weight excluding hydrogens is 484 g/mol. The van der Waals surface area contributed by atoms with Gasteiger partial charge in [-0.15, -0.1) is 0 Å². The predicted octanol–water partition coefficient (Wildman–Crippen LogP) is 3.81. The van der Waals surface area contributed by atoms with E-state index in [9.17, 15) is 10.2 Å². The van der Waals surface area contributed by atoms with Crippen molar-refractivity contribution in [1.29, 1.82) is 0 Å². The van der Waals surface area contributed by atoms with E-state index in [0.717, 1.165) is 11.1 Å². The lowest BCUT2D eigenvalue weighted by Gasteiger charge is -2.48. The predicted molar refractivity (Wildman–Crippen MR) is 142 cm³/mol. The molecule has 0 aromatic heterocycles. The number of benzene rings is 2. The van der Waals surface area contributed by atoms with Gasteiger partial charge in [0.05, 0.1) is 56.4 Å². The van der Waals surface area contributed by atoms with Crippen LogP contribution in [-0.2, 0) is 36.9 Å². The molecule has 7 nitrogen and oxygen atoms in total. The number of hydrogen-bond acceptors (Lipinski definition) is 7. The molecule has 0 amide bonds. The van der Waals surface area contributed by atoms with Crippen molar-refractivity contribution in [2.75, 3.05) is 6.61 Å². The summed E-state index contributed by atoms with van der Waals surface area (Å²) in [6, 6.07) is 20.1. The minimum absolute atomic E-state index is 0.0251.